The standard InChI is InChI=1S/C14H28N2O2/c1-11-5-6-13(18-11)12(9-15)16-8-4-7-14(2,10-16)17-3/h11-13H,4-10,15H2,1-3H3. The molecule has 0 aromatic rings. The monoisotopic (exact) mass is 256 g/mol. The van der Waals surface area contributed by atoms with Crippen molar-refractivity contribution in [2.24, 2.45) is 5.73 Å². The third-order valence-corrected chi connectivity index (χ3v) is 4.59. The van der Waals surface area contributed by atoms with Crippen molar-refractivity contribution in [3.63, 3.8) is 0 Å². The molecule has 2 aliphatic rings. The van der Waals surface area contributed by atoms with E-state index in [-0.39, 0.29) is 5.60 Å². The summed E-state index contributed by atoms with van der Waals surface area (Å²) in [4.78, 5) is 2.48. The van der Waals surface area contributed by atoms with Crippen LogP contribution in [-0.4, -0.2) is 55.5 Å². The predicted molar refractivity (Wildman–Crippen MR) is 72.6 cm³/mol. The molecule has 4 unspecified atom stereocenters. The van der Waals surface area contributed by atoms with Crippen LogP contribution in [-0.2, 0) is 9.47 Å². The van der Waals surface area contributed by atoms with E-state index in [0.29, 0.717) is 24.8 Å². The van der Waals surface area contributed by atoms with Crippen LogP contribution in [0, 0.1) is 0 Å². The van der Waals surface area contributed by atoms with E-state index in [1.807, 2.05) is 7.11 Å². The minimum Gasteiger partial charge on any atom is -0.377 e. The lowest BCUT2D eigenvalue weighted by molar-refractivity contribution is -0.0821. The number of piperidine rings is 1. The van der Waals surface area contributed by atoms with E-state index in [2.05, 4.69) is 18.7 Å². The summed E-state index contributed by atoms with van der Waals surface area (Å²) in [5.74, 6) is 0. The van der Waals surface area contributed by atoms with E-state index in [1.165, 1.54) is 6.42 Å². The zero-order chi connectivity index (χ0) is 13.2. The minimum atomic E-state index is -0.0180. The molecule has 0 aliphatic carbocycles. The number of hydrogen-bond donors (Lipinski definition) is 1. The van der Waals surface area contributed by atoms with Crippen molar-refractivity contribution in [1.82, 2.24) is 4.90 Å². The summed E-state index contributed by atoms with van der Waals surface area (Å²) >= 11 is 0. The summed E-state index contributed by atoms with van der Waals surface area (Å²) in [6, 6.07) is 0.352. The third-order valence-electron chi connectivity index (χ3n) is 4.59. The van der Waals surface area contributed by atoms with Gasteiger partial charge in [-0.15, -0.1) is 0 Å². The van der Waals surface area contributed by atoms with E-state index in [1.54, 1.807) is 0 Å². The van der Waals surface area contributed by atoms with Crippen molar-refractivity contribution < 1.29 is 9.47 Å². The summed E-state index contributed by atoms with van der Waals surface area (Å²) in [6.45, 7) is 7.12. The fraction of sp³-hybridized carbons (Fsp3) is 1.00. The smallest absolute Gasteiger partial charge is 0.0777 e. The molecule has 0 radical (unpaired) electrons. The number of nitrogens with two attached hydrogens (primary N) is 1. The molecule has 0 bridgehead atoms. The lowest BCUT2D eigenvalue weighted by Gasteiger charge is -2.44. The van der Waals surface area contributed by atoms with E-state index in [9.17, 15) is 0 Å². The van der Waals surface area contributed by atoms with Gasteiger partial charge in [0, 0.05) is 26.2 Å². The lowest BCUT2D eigenvalue weighted by atomic mass is 9.92. The summed E-state index contributed by atoms with van der Waals surface area (Å²) in [7, 11) is 1.81. The molecule has 2 rings (SSSR count). The number of methoxy groups -OCH3 is 1. The Kier molecular flexibility index (Phi) is 4.64. The summed E-state index contributed by atoms with van der Waals surface area (Å²) < 4.78 is 11.7. The molecule has 4 heteroatoms. The Morgan fingerprint density at radius 2 is 2.28 bits per heavy atom. The van der Waals surface area contributed by atoms with Gasteiger partial charge in [0.2, 0.25) is 0 Å². The largest absolute Gasteiger partial charge is 0.377 e. The Morgan fingerprint density at radius 1 is 1.50 bits per heavy atom. The second-order valence-electron chi connectivity index (χ2n) is 6.09. The maximum atomic E-state index is 6.01. The van der Waals surface area contributed by atoms with Gasteiger partial charge in [0.1, 0.15) is 0 Å². The number of rotatable bonds is 4. The lowest BCUT2D eigenvalue weighted by Crippen LogP contribution is -2.56. The minimum absolute atomic E-state index is 0.0180. The molecule has 4 atom stereocenters. The molecule has 106 valence electrons. The highest BCUT2D eigenvalue weighted by Crippen LogP contribution is 2.29. The average molecular weight is 256 g/mol. The quantitative estimate of drug-likeness (QED) is 0.825. The second-order valence-corrected chi connectivity index (χ2v) is 6.09. The maximum absolute atomic E-state index is 6.01. The van der Waals surface area contributed by atoms with Crippen molar-refractivity contribution in [3.8, 4) is 0 Å². The summed E-state index contributed by atoms with van der Waals surface area (Å²) in [5, 5.41) is 0. The Bertz CT molecular complexity index is 275. The first-order valence-electron chi connectivity index (χ1n) is 7.23. The molecule has 0 amide bonds. The van der Waals surface area contributed by atoms with Gasteiger partial charge in [-0.25, -0.2) is 0 Å². The van der Waals surface area contributed by atoms with Gasteiger partial charge in [-0.2, -0.15) is 0 Å². The molecule has 0 aromatic heterocycles. The van der Waals surface area contributed by atoms with Gasteiger partial charge in [0.15, 0.2) is 0 Å². The fourth-order valence-electron chi connectivity index (χ4n) is 3.35. The fourth-order valence-corrected chi connectivity index (χ4v) is 3.35. The molecule has 2 heterocycles. The van der Waals surface area contributed by atoms with Crippen LogP contribution in [0.1, 0.15) is 39.5 Å². The SMILES string of the molecule is COC1(C)CCCN(C(CN)C2CCC(C)O2)C1. The Labute approximate surface area is 111 Å². The van der Waals surface area contributed by atoms with Gasteiger partial charge in [-0.3, -0.25) is 4.90 Å². The van der Waals surface area contributed by atoms with E-state index in [0.717, 1.165) is 32.4 Å². The normalized spacial score (nSPS) is 40.0. The summed E-state index contributed by atoms with van der Waals surface area (Å²) in [6.07, 6.45) is 5.33. The topological polar surface area (TPSA) is 47.7 Å². The second kappa shape index (κ2) is 5.87. The highest BCUT2D eigenvalue weighted by molar-refractivity contribution is 4.92. The van der Waals surface area contributed by atoms with Crippen molar-refractivity contribution in [1.29, 1.82) is 0 Å². The molecule has 2 fully saturated rings. The first-order valence-corrected chi connectivity index (χ1v) is 7.23. The van der Waals surface area contributed by atoms with Crippen molar-refractivity contribution >= 4 is 0 Å². The highest BCUT2D eigenvalue weighted by atomic mass is 16.5. The van der Waals surface area contributed by atoms with Gasteiger partial charge in [-0.05, 0) is 46.1 Å². The van der Waals surface area contributed by atoms with Crippen LogP contribution in [0.2, 0.25) is 0 Å². The first-order chi connectivity index (χ1) is 8.58. The van der Waals surface area contributed by atoms with Gasteiger partial charge in [0.05, 0.1) is 17.8 Å². The number of nitrogens with zero attached hydrogens (tertiary/aromatic N) is 1. The zero-order valence-electron chi connectivity index (χ0n) is 12.0. The maximum Gasteiger partial charge on any atom is 0.0777 e. The molecule has 0 aromatic carbocycles. The molecule has 2 saturated heterocycles. The van der Waals surface area contributed by atoms with Crippen LogP contribution in [0.5, 0.6) is 0 Å². The van der Waals surface area contributed by atoms with Crippen LogP contribution < -0.4 is 5.73 Å². The van der Waals surface area contributed by atoms with Crippen LogP contribution in [0.3, 0.4) is 0 Å². The van der Waals surface area contributed by atoms with Gasteiger partial charge in [-0.1, -0.05) is 0 Å². The average Bonchev–Trinajstić information content (AvgIpc) is 2.77. The Balaban J connectivity index is 1.99. The van der Waals surface area contributed by atoms with Gasteiger partial charge in [0.25, 0.3) is 0 Å². The van der Waals surface area contributed by atoms with Gasteiger partial charge < -0.3 is 15.2 Å². The number of ether oxygens (including phenoxy) is 2. The third kappa shape index (κ3) is 3.05. The molecule has 0 saturated carbocycles. The van der Waals surface area contributed by atoms with Crippen molar-refractivity contribution in [3.05, 3.63) is 0 Å². The Morgan fingerprint density at radius 3 is 2.83 bits per heavy atom. The number of likely N-dealkylation sites (tertiary alicyclic amines) is 1. The van der Waals surface area contributed by atoms with Crippen LogP contribution >= 0.6 is 0 Å². The highest BCUT2D eigenvalue weighted by Gasteiger charge is 2.38. The Hall–Kier alpha value is -0.160. The molecule has 18 heavy (non-hydrogen) atoms. The zero-order valence-corrected chi connectivity index (χ0v) is 12.0. The molecule has 2 aliphatic heterocycles. The van der Waals surface area contributed by atoms with Crippen LogP contribution in [0.4, 0.5) is 0 Å². The molecule has 4 nitrogen and oxygen atoms in total. The number of hydrogen-bond acceptors (Lipinski definition) is 4. The molecular weight excluding hydrogens is 228 g/mol. The predicted octanol–water partition coefficient (Wildman–Crippen LogP) is 1.38. The van der Waals surface area contributed by atoms with E-state index >= 15 is 0 Å². The summed E-state index contributed by atoms with van der Waals surface area (Å²) in [5.41, 5.74) is 5.98. The van der Waals surface area contributed by atoms with Crippen LogP contribution in [0.25, 0.3) is 0 Å². The van der Waals surface area contributed by atoms with E-state index < -0.39 is 0 Å². The first kappa shape index (κ1) is 14.3. The van der Waals surface area contributed by atoms with Crippen molar-refractivity contribution in [2.45, 2.75) is 63.4 Å². The molecule has 0 spiro atoms. The van der Waals surface area contributed by atoms with Crippen molar-refractivity contribution in [2.75, 3.05) is 26.7 Å². The van der Waals surface area contributed by atoms with Crippen LogP contribution in [0.15, 0.2) is 0 Å². The molecule has 2 N–H and O–H groups in total. The molecular formula is C14H28N2O2. The van der Waals surface area contributed by atoms with Gasteiger partial charge >= 0.3 is 0 Å². The van der Waals surface area contributed by atoms with E-state index in [4.69, 9.17) is 15.2 Å².